The second-order valence-corrected chi connectivity index (χ2v) is 5.26. The van der Waals surface area contributed by atoms with Crippen LogP contribution in [0.15, 0.2) is 12.3 Å². The topological polar surface area (TPSA) is 51.8 Å². The van der Waals surface area contributed by atoms with Crippen LogP contribution in [0.2, 0.25) is 0 Å². The Morgan fingerprint density at radius 3 is 2.87 bits per heavy atom. The molecule has 1 aromatic heterocycles. The first kappa shape index (κ1) is 10.7. The van der Waals surface area contributed by atoms with Crippen molar-refractivity contribution in [3.05, 3.63) is 18.1 Å². The standard InChI is InChI=1S/C11H17N3S/c12-10-6-7-13-11(14-10)8-15-9-4-2-1-3-5-9/h6-7,9H,1-5,8H2,(H2,12,13,14). The van der Waals surface area contributed by atoms with Crippen LogP contribution in [0, 0.1) is 0 Å². The second kappa shape index (κ2) is 5.35. The van der Waals surface area contributed by atoms with Crippen molar-refractivity contribution in [1.29, 1.82) is 0 Å². The Morgan fingerprint density at radius 2 is 2.13 bits per heavy atom. The van der Waals surface area contributed by atoms with Crippen molar-refractivity contribution >= 4 is 17.6 Å². The molecule has 1 aliphatic carbocycles. The van der Waals surface area contributed by atoms with Crippen molar-refractivity contribution in [2.75, 3.05) is 5.73 Å². The highest BCUT2D eigenvalue weighted by Crippen LogP contribution is 2.29. The molecule has 82 valence electrons. The van der Waals surface area contributed by atoms with Gasteiger partial charge in [0.25, 0.3) is 0 Å². The highest BCUT2D eigenvalue weighted by molar-refractivity contribution is 7.99. The minimum atomic E-state index is 0.573. The van der Waals surface area contributed by atoms with Gasteiger partial charge in [-0.2, -0.15) is 11.8 Å². The maximum Gasteiger partial charge on any atom is 0.140 e. The number of thioether (sulfide) groups is 1. The molecule has 0 amide bonds. The number of anilines is 1. The molecule has 0 aliphatic heterocycles. The summed E-state index contributed by atoms with van der Waals surface area (Å²) in [5.74, 6) is 2.34. The van der Waals surface area contributed by atoms with Crippen LogP contribution in [0.1, 0.15) is 37.9 Å². The maximum absolute atomic E-state index is 5.61. The molecule has 0 aromatic carbocycles. The Bertz CT molecular complexity index is 310. The molecule has 4 heteroatoms. The lowest BCUT2D eigenvalue weighted by molar-refractivity contribution is 0.516. The molecule has 2 rings (SSSR count). The van der Waals surface area contributed by atoms with Gasteiger partial charge in [0.1, 0.15) is 11.6 Å². The van der Waals surface area contributed by atoms with E-state index in [9.17, 15) is 0 Å². The van der Waals surface area contributed by atoms with Crippen LogP contribution in [0.3, 0.4) is 0 Å². The molecule has 15 heavy (non-hydrogen) atoms. The van der Waals surface area contributed by atoms with Crippen LogP contribution < -0.4 is 5.73 Å². The second-order valence-electron chi connectivity index (χ2n) is 3.97. The van der Waals surface area contributed by atoms with E-state index >= 15 is 0 Å². The van der Waals surface area contributed by atoms with Crippen molar-refractivity contribution in [2.24, 2.45) is 0 Å². The van der Waals surface area contributed by atoms with Gasteiger partial charge in [0.05, 0.1) is 5.75 Å². The highest BCUT2D eigenvalue weighted by atomic mass is 32.2. The predicted octanol–water partition coefficient (Wildman–Crippen LogP) is 2.62. The van der Waals surface area contributed by atoms with Crippen LogP contribution in [0.4, 0.5) is 5.82 Å². The monoisotopic (exact) mass is 223 g/mol. The zero-order chi connectivity index (χ0) is 10.5. The molecular weight excluding hydrogens is 206 g/mol. The molecule has 0 radical (unpaired) electrons. The third kappa shape index (κ3) is 3.38. The Kier molecular flexibility index (Phi) is 3.83. The summed E-state index contributed by atoms with van der Waals surface area (Å²) in [6.07, 6.45) is 8.62. The van der Waals surface area contributed by atoms with Crippen molar-refractivity contribution in [1.82, 2.24) is 9.97 Å². The smallest absolute Gasteiger partial charge is 0.140 e. The van der Waals surface area contributed by atoms with Gasteiger partial charge in [-0.25, -0.2) is 9.97 Å². The number of nitrogen functional groups attached to an aromatic ring is 1. The summed E-state index contributed by atoms with van der Waals surface area (Å²) >= 11 is 1.98. The number of hydrogen-bond donors (Lipinski definition) is 1. The molecule has 0 unspecified atom stereocenters. The van der Waals surface area contributed by atoms with Crippen molar-refractivity contribution in [2.45, 2.75) is 43.1 Å². The fraction of sp³-hybridized carbons (Fsp3) is 0.636. The minimum absolute atomic E-state index is 0.573. The Labute approximate surface area is 94.9 Å². The summed E-state index contributed by atoms with van der Waals surface area (Å²) in [6.45, 7) is 0. The quantitative estimate of drug-likeness (QED) is 0.856. The first-order valence-electron chi connectivity index (χ1n) is 5.53. The van der Waals surface area contributed by atoms with E-state index in [2.05, 4.69) is 9.97 Å². The minimum Gasteiger partial charge on any atom is -0.384 e. The van der Waals surface area contributed by atoms with Gasteiger partial charge in [-0.1, -0.05) is 19.3 Å². The number of rotatable bonds is 3. The number of nitrogens with zero attached hydrogens (tertiary/aromatic N) is 2. The molecule has 1 aliphatic rings. The summed E-state index contributed by atoms with van der Waals surface area (Å²) in [5, 5.41) is 0.809. The van der Waals surface area contributed by atoms with Crippen molar-refractivity contribution in [3.8, 4) is 0 Å². The molecule has 1 heterocycles. The Morgan fingerprint density at radius 1 is 1.33 bits per heavy atom. The lowest BCUT2D eigenvalue weighted by Gasteiger charge is -2.20. The number of aromatic nitrogens is 2. The van der Waals surface area contributed by atoms with Crippen LogP contribution >= 0.6 is 11.8 Å². The summed E-state index contributed by atoms with van der Waals surface area (Å²) in [7, 11) is 0. The van der Waals surface area contributed by atoms with Crippen molar-refractivity contribution in [3.63, 3.8) is 0 Å². The molecule has 1 fully saturated rings. The maximum atomic E-state index is 5.61. The summed E-state index contributed by atoms with van der Waals surface area (Å²) in [6, 6.07) is 1.73. The zero-order valence-electron chi connectivity index (χ0n) is 8.85. The molecule has 0 spiro atoms. The average Bonchev–Trinajstić information content (AvgIpc) is 2.28. The lowest BCUT2D eigenvalue weighted by atomic mass is 10.0. The molecule has 3 nitrogen and oxygen atoms in total. The third-order valence-electron chi connectivity index (χ3n) is 2.73. The molecule has 1 aromatic rings. The van der Waals surface area contributed by atoms with Crippen LogP contribution in [-0.2, 0) is 5.75 Å². The molecule has 2 N–H and O–H groups in total. The van der Waals surface area contributed by atoms with E-state index in [1.54, 1.807) is 12.3 Å². The van der Waals surface area contributed by atoms with Crippen molar-refractivity contribution < 1.29 is 0 Å². The largest absolute Gasteiger partial charge is 0.384 e. The molecule has 0 atom stereocenters. The summed E-state index contributed by atoms with van der Waals surface area (Å²) in [4.78, 5) is 8.42. The van der Waals surface area contributed by atoms with Gasteiger partial charge in [-0.05, 0) is 18.9 Å². The van der Waals surface area contributed by atoms with E-state index in [0.29, 0.717) is 5.82 Å². The predicted molar refractivity (Wildman–Crippen MR) is 64.6 cm³/mol. The van der Waals surface area contributed by atoms with Crippen LogP contribution in [0.25, 0.3) is 0 Å². The van der Waals surface area contributed by atoms with E-state index in [1.165, 1.54) is 32.1 Å². The normalized spacial score (nSPS) is 17.9. The summed E-state index contributed by atoms with van der Waals surface area (Å²) < 4.78 is 0. The first-order valence-corrected chi connectivity index (χ1v) is 6.58. The van der Waals surface area contributed by atoms with Gasteiger partial charge in [0, 0.05) is 11.4 Å². The molecule has 1 saturated carbocycles. The fourth-order valence-electron chi connectivity index (χ4n) is 1.91. The van der Waals surface area contributed by atoms with Gasteiger partial charge in [0.2, 0.25) is 0 Å². The first-order chi connectivity index (χ1) is 7.34. The fourth-order valence-corrected chi connectivity index (χ4v) is 3.10. The van der Waals surface area contributed by atoms with Gasteiger partial charge in [-0.3, -0.25) is 0 Å². The van der Waals surface area contributed by atoms with E-state index in [4.69, 9.17) is 5.73 Å². The third-order valence-corrected chi connectivity index (χ3v) is 4.10. The zero-order valence-corrected chi connectivity index (χ0v) is 9.67. The Balaban J connectivity index is 1.81. The van der Waals surface area contributed by atoms with E-state index < -0.39 is 0 Å². The summed E-state index contributed by atoms with van der Waals surface area (Å²) in [5.41, 5.74) is 5.61. The van der Waals surface area contributed by atoms with E-state index in [-0.39, 0.29) is 0 Å². The van der Waals surface area contributed by atoms with E-state index in [0.717, 1.165) is 16.8 Å². The average molecular weight is 223 g/mol. The lowest BCUT2D eigenvalue weighted by Crippen LogP contribution is -2.09. The highest BCUT2D eigenvalue weighted by Gasteiger charge is 2.14. The van der Waals surface area contributed by atoms with Gasteiger partial charge in [-0.15, -0.1) is 0 Å². The molecule has 0 bridgehead atoms. The SMILES string of the molecule is Nc1ccnc(CSC2CCCCC2)n1. The number of nitrogens with two attached hydrogens (primary N) is 1. The van der Waals surface area contributed by atoms with Crippen LogP contribution in [-0.4, -0.2) is 15.2 Å². The van der Waals surface area contributed by atoms with E-state index in [1.807, 2.05) is 11.8 Å². The number of hydrogen-bond acceptors (Lipinski definition) is 4. The van der Waals surface area contributed by atoms with Gasteiger partial charge in [0.15, 0.2) is 0 Å². The molecule has 0 saturated heterocycles. The van der Waals surface area contributed by atoms with Gasteiger partial charge >= 0.3 is 0 Å². The van der Waals surface area contributed by atoms with Crippen LogP contribution in [0.5, 0.6) is 0 Å². The molecular formula is C11H17N3S. The Hall–Kier alpha value is -0.770. The van der Waals surface area contributed by atoms with Gasteiger partial charge < -0.3 is 5.73 Å².